The van der Waals surface area contributed by atoms with E-state index < -0.39 is 0 Å². The van der Waals surface area contributed by atoms with Crippen molar-refractivity contribution in [2.24, 2.45) is 11.7 Å². The lowest BCUT2D eigenvalue weighted by Gasteiger charge is -2.36. The van der Waals surface area contributed by atoms with Gasteiger partial charge in [0.2, 0.25) is 0 Å². The van der Waals surface area contributed by atoms with Crippen molar-refractivity contribution in [1.82, 2.24) is 9.88 Å². The van der Waals surface area contributed by atoms with E-state index in [1.807, 2.05) is 4.90 Å². The van der Waals surface area contributed by atoms with E-state index >= 15 is 0 Å². The van der Waals surface area contributed by atoms with E-state index in [1.54, 1.807) is 12.3 Å². The van der Waals surface area contributed by atoms with Gasteiger partial charge in [-0.2, -0.15) is 0 Å². The van der Waals surface area contributed by atoms with Crippen LogP contribution in [0, 0.1) is 5.92 Å². The van der Waals surface area contributed by atoms with Crippen LogP contribution >= 0.6 is 11.6 Å². The smallest absolute Gasteiger partial charge is 0.270 e. The predicted molar refractivity (Wildman–Crippen MR) is 68.1 cm³/mol. The van der Waals surface area contributed by atoms with E-state index in [0.717, 1.165) is 25.9 Å². The highest BCUT2D eigenvalue weighted by Gasteiger charge is 2.28. The van der Waals surface area contributed by atoms with Gasteiger partial charge in [-0.3, -0.25) is 4.79 Å². The van der Waals surface area contributed by atoms with Gasteiger partial charge in [0, 0.05) is 25.3 Å². The first-order valence-corrected chi connectivity index (χ1v) is 6.38. The number of likely N-dealkylation sites (tertiary alicyclic amines) is 1. The molecule has 0 radical (unpaired) electrons. The fourth-order valence-electron chi connectivity index (χ4n) is 2.33. The summed E-state index contributed by atoms with van der Waals surface area (Å²) < 4.78 is 0. The number of carbonyl (C=O) groups is 1. The molecule has 0 bridgehead atoms. The third-order valence-corrected chi connectivity index (χ3v) is 3.70. The molecule has 0 aliphatic carbocycles. The summed E-state index contributed by atoms with van der Waals surface area (Å²) in [5.74, 6) is 0.417. The van der Waals surface area contributed by atoms with Gasteiger partial charge in [0.25, 0.3) is 5.91 Å². The average molecular weight is 256 g/mol. The molecule has 1 aliphatic rings. The minimum Gasteiger partial charge on any atom is -0.356 e. The first kappa shape index (κ1) is 12.5. The summed E-state index contributed by atoms with van der Waals surface area (Å²) >= 11 is 5.80. The Labute approximate surface area is 106 Å². The number of amides is 1. The average Bonchev–Trinajstić information content (AvgIpc) is 2.75. The number of piperidine rings is 1. The Morgan fingerprint density at radius 1 is 1.71 bits per heavy atom. The Hall–Kier alpha value is -1.00. The lowest BCUT2D eigenvalue weighted by atomic mass is 9.90. The highest BCUT2D eigenvalue weighted by molar-refractivity contribution is 6.30. The number of halogens is 1. The van der Waals surface area contributed by atoms with Crippen molar-refractivity contribution in [3.05, 3.63) is 23.0 Å². The molecule has 1 fully saturated rings. The third-order valence-electron chi connectivity index (χ3n) is 3.48. The van der Waals surface area contributed by atoms with Crippen molar-refractivity contribution in [3.8, 4) is 0 Å². The summed E-state index contributed by atoms with van der Waals surface area (Å²) in [5.41, 5.74) is 6.58. The number of H-pyrrole nitrogens is 1. The zero-order valence-electron chi connectivity index (χ0n) is 9.95. The Kier molecular flexibility index (Phi) is 3.74. The van der Waals surface area contributed by atoms with Gasteiger partial charge in [-0.15, -0.1) is 0 Å². The Balaban J connectivity index is 2.05. The monoisotopic (exact) mass is 255 g/mol. The minimum absolute atomic E-state index is 0.0160. The molecule has 2 unspecified atom stereocenters. The van der Waals surface area contributed by atoms with Crippen LogP contribution in [-0.4, -0.2) is 34.9 Å². The number of nitrogens with zero attached hydrogens (tertiary/aromatic N) is 1. The molecule has 94 valence electrons. The third kappa shape index (κ3) is 2.64. The molecule has 0 aromatic carbocycles. The van der Waals surface area contributed by atoms with Gasteiger partial charge in [0.15, 0.2) is 0 Å². The van der Waals surface area contributed by atoms with Gasteiger partial charge in [-0.05, 0) is 18.4 Å². The molecule has 1 aliphatic heterocycles. The van der Waals surface area contributed by atoms with Gasteiger partial charge in [-0.1, -0.05) is 24.9 Å². The summed E-state index contributed by atoms with van der Waals surface area (Å²) in [6, 6.07) is 1.88. The molecule has 2 heterocycles. The first-order chi connectivity index (χ1) is 8.11. The second-order valence-electron chi connectivity index (χ2n) is 4.60. The molecule has 5 heteroatoms. The minimum atomic E-state index is 0.0160. The van der Waals surface area contributed by atoms with Crippen LogP contribution in [0.3, 0.4) is 0 Å². The molecule has 3 N–H and O–H groups in total. The lowest BCUT2D eigenvalue weighted by molar-refractivity contribution is 0.0644. The van der Waals surface area contributed by atoms with Crippen molar-refractivity contribution in [3.63, 3.8) is 0 Å². The normalized spacial score (nSPS) is 25.0. The lowest BCUT2D eigenvalue weighted by Crippen LogP contribution is -2.49. The summed E-state index contributed by atoms with van der Waals surface area (Å²) in [7, 11) is 0. The second-order valence-corrected chi connectivity index (χ2v) is 5.04. The van der Waals surface area contributed by atoms with Crippen LogP contribution in [0.25, 0.3) is 0 Å². The maximum atomic E-state index is 12.2. The number of nitrogens with one attached hydrogen (secondary N) is 1. The quantitative estimate of drug-likeness (QED) is 0.848. The van der Waals surface area contributed by atoms with Crippen LogP contribution in [0.2, 0.25) is 5.02 Å². The highest BCUT2D eigenvalue weighted by Crippen LogP contribution is 2.20. The standard InChI is InChI=1S/C12H18ClN3O/c1-2-8-7-16(4-3-10(8)14)12(17)11-5-9(13)6-15-11/h5-6,8,10,15H,2-4,7,14H2,1H3. The largest absolute Gasteiger partial charge is 0.356 e. The number of aromatic nitrogens is 1. The molecule has 1 aromatic rings. The van der Waals surface area contributed by atoms with Gasteiger partial charge in [0.05, 0.1) is 5.02 Å². The van der Waals surface area contributed by atoms with E-state index in [9.17, 15) is 4.79 Å². The second kappa shape index (κ2) is 5.10. The molecule has 0 spiro atoms. The predicted octanol–water partition coefficient (Wildman–Crippen LogP) is 1.87. The maximum absolute atomic E-state index is 12.2. The number of nitrogens with two attached hydrogens (primary N) is 1. The fraction of sp³-hybridized carbons (Fsp3) is 0.583. The Morgan fingerprint density at radius 2 is 2.47 bits per heavy atom. The van der Waals surface area contributed by atoms with Crippen LogP contribution < -0.4 is 5.73 Å². The topological polar surface area (TPSA) is 62.1 Å². The molecule has 2 atom stereocenters. The number of hydrogen-bond donors (Lipinski definition) is 2. The highest BCUT2D eigenvalue weighted by atomic mass is 35.5. The summed E-state index contributed by atoms with van der Waals surface area (Å²) in [5, 5.41) is 0.564. The molecule has 2 rings (SSSR count). The van der Waals surface area contributed by atoms with Gasteiger partial charge in [0.1, 0.15) is 5.69 Å². The van der Waals surface area contributed by atoms with Crippen molar-refractivity contribution < 1.29 is 4.79 Å². The van der Waals surface area contributed by atoms with Crippen molar-refractivity contribution in [2.45, 2.75) is 25.8 Å². The number of carbonyl (C=O) groups excluding carboxylic acids is 1. The Bertz CT molecular complexity index is 404. The van der Waals surface area contributed by atoms with E-state index in [1.165, 1.54) is 0 Å². The zero-order valence-corrected chi connectivity index (χ0v) is 10.7. The van der Waals surface area contributed by atoms with Crippen molar-refractivity contribution in [1.29, 1.82) is 0 Å². The first-order valence-electron chi connectivity index (χ1n) is 6.00. The van der Waals surface area contributed by atoms with Gasteiger partial charge >= 0.3 is 0 Å². The molecule has 0 saturated carbocycles. The van der Waals surface area contributed by atoms with E-state index in [2.05, 4.69) is 11.9 Å². The molecule has 4 nitrogen and oxygen atoms in total. The molecular formula is C12H18ClN3O. The summed E-state index contributed by atoms with van der Waals surface area (Å²) in [6.07, 6.45) is 3.51. The fourth-order valence-corrected chi connectivity index (χ4v) is 2.49. The molecule has 1 saturated heterocycles. The molecular weight excluding hydrogens is 238 g/mol. The number of rotatable bonds is 2. The van der Waals surface area contributed by atoms with Crippen LogP contribution in [0.15, 0.2) is 12.3 Å². The molecule has 1 aromatic heterocycles. The van der Waals surface area contributed by atoms with E-state index in [-0.39, 0.29) is 11.9 Å². The van der Waals surface area contributed by atoms with Crippen LogP contribution in [0.5, 0.6) is 0 Å². The van der Waals surface area contributed by atoms with E-state index in [0.29, 0.717) is 16.6 Å². The maximum Gasteiger partial charge on any atom is 0.270 e. The Morgan fingerprint density at radius 3 is 3.06 bits per heavy atom. The summed E-state index contributed by atoms with van der Waals surface area (Å²) in [6.45, 7) is 3.59. The van der Waals surface area contributed by atoms with Gasteiger partial charge < -0.3 is 15.6 Å². The van der Waals surface area contributed by atoms with Crippen LogP contribution in [-0.2, 0) is 0 Å². The SMILES string of the molecule is CCC1CN(C(=O)c2cc(Cl)c[nH]2)CCC1N. The zero-order chi connectivity index (χ0) is 12.4. The number of hydrogen-bond acceptors (Lipinski definition) is 2. The molecule has 17 heavy (non-hydrogen) atoms. The van der Waals surface area contributed by atoms with Crippen LogP contribution in [0.4, 0.5) is 0 Å². The molecule has 1 amide bonds. The number of aromatic amines is 1. The van der Waals surface area contributed by atoms with E-state index in [4.69, 9.17) is 17.3 Å². The van der Waals surface area contributed by atoms with Gasteiger partial charge in [-0.25, -0.2) is 0 Å². The van der Waals surface area contributed by atoms with Crippen molar-refractivity contribution in [2.75, 3.05) is 13.1 Å². The van der Waals surface area contributed by atoms with Crippen molar-refractivity contribution >= 4 is 17.5 Å². The summed E-state index contributed by atoms with van der Waals surface area (Å²) in [4.78, 5) is 16.9. The van der Waals surface area contributed by atoms with Crippen LogP contribution in [0.1, 0.15) is 30.3 Å².